The van der Waals surface area contributed by atoms with Gasteiger partial charge < -0.3 is 0 Å². The number of hydrogen-bond donors (Lipinski definition) is 2. The molecular formula is C26H18N8O6. The van der Waals surface area contributed by atoms with Crippen LogP contribution in [-0.2, 0) is 19.2 Å². The Morgan fingerprint density at radius 1 is 0.550 bits per heavy atom. The summed E-state index contributed by atoms with van der Waals surface area (Å²) in [6.07, 6.45) is 0. The lowest BCUT2D eigenvalue weighted by Crippen LogP contribution is -2.41. The number of hydrogen-bond acceptors (Lipinski definition) is 10. The largest absolute Gasteiger partial charge is 0.285 e. The van der Waals surface area contributed by atoms with Gasteiger partial charge in [0, 0.05) is 11.1 Å². The third-order valence-corrected chi connectivity index (χ3v) is 5.72. The smallest absolute Gasteiger partial charge is 0.270 e. The van der Waals surface area contributed by atoms with Gasteiger partial charge in [0.05, 0.1) is 11.4 Å². The number of nitrogens with zero attached hydrogens (tertiary/aromatic N) is 6. The van der Waals surface area contributed by atoms with Gasteiger partial charge in [0.1, 0.15) is 0 Å². The Bertz CT molecular complexity index is 1460. The molecule has 198 valence electrons. The van der Waals surface area contributed by atoms with Crippen molar-refractivity contribution in [1.82, 2.24) is 20.9 Å². The maximum absolute atomic E-state index is 12.6. The third kappa shape index (κ3) is 5.08. The fourth-order valence-electron chi connectivity index (χ4n) is 3.68. The Hall–Kier alpha value is -5.92. The first-order valence-electron chi connectivity index (χ1n) is 11.7. The van der Waals surface area contributed by atoms with Gasteiger partial charge >= 0.3 is 0 Å². The lowest BCUT2D eigenvalue weighted by Gasteiger charge is -2.12. The fourth-order valence-corrected chi connectivity index (χ4v) is 3.68. The van der Waals surface area contributed by atoms with Crippen molar-refractivity contribution in [3.63, 3.8) is 0 Å². The molecule has 3 aromatic rings. The second kappa shape index (κ2) is 10.8. The van der Waals surface area contributed by atoms with Gasteiger partial charge in [-0.25, -0.2) is 0 Å². The summed E-state index contributed by atoms with van der Waals surface area (Å²) in [5.74, 6) is -4.74. The van der Waals surface area contributed by atoms with Crippen LogP contribution in [0.25, 0.3) is 0 Å². The maximum atomic E-state index is 12.6. The molecule has 2 unspecified atom stereocenters. The minimum Gasteiger partial charge on any atom is -0.270 e. The van der Waals surface area contributed by atoms with Crippen LogP contribution in [0.3, 0.4) is 0 Å². The predicted molar refractivity (Wildman–Crippen MR) is 135 cm³/mol. The first-order chi connectivity index (χ1) is 19.3. The zero-order valence-corrected chi connectivity index (χ0v) is 20.4. The van der Waals surface area contributed by atoms with Gasteiger partial charge in [-0.15, -0.1) is 0 Å². The standard InChI is InChI=1S/C26H18N8O6/c35-21-19(25(39)33(31-21)23(37)15-7-3-1-4-8-15)29-27-17-11-13-18(14-12-17)28-30-20-22(36)32-34(26(20)40)24(38)16-9-5-2-6-10-16/h1-14,19-20H,(H,31,35)(H,32,36). The maximum Gasteiger partial charge on any atom is 0.285 e. The monoisotopic (exact) mass is 538 g/mol. The van der Waals surface area contributed by atoms with Gasteiger partial charge in [-0.05, 0) is 48.5 Å². The minimum absolute atomic E-state index is 0.214. The first-order valence-corrected chi connectivity index (χ1v) is 11.7. The quantitative estimate of drug-likeness (QED) is 0.275. The molecule has 2 aliphatic rings. The number of nitrogens with one attached hydrogen (secondary N) is 2. The lowest BCUT2D eigenvalue weighted by molar-refractivity contribution is -0.129. The molecule has 2 atom stereocenters. The summed E-state index contributed by atoms with van der Waals surface area (Å²) < 4.78 is 0. The Kier molecular flexibility index (Phi) is 6.96. The van der Waals surface area contributed by atoms with E-state index in [1.54, 1.807) is 36.4 Å². The van der Waals surface area contributed by atoms with Crippen molar-refractivity contribution in [2.45, 2.75) is 12.1 Å². The van der Waals surface area contributed by atoms with E-state index in [1.165, 1.54) is 48.5 Å². The molecule has 0 spiro atoms. The van der Waals surface area contributed by atoms with Crippen LogP contribution in [0.15, 0.2) is 105 Å². The van der Waals surface area contributed by atoms with E-state index < -0.39 is 47.5 Å². The Balaban J connectivity index is 1.21. The zero-order chi connectivity index (χ0) is 28.2. The summed E-state index contributed by atoms with van der Waals surface area (Å²) in [6.45, 7) is 0. The highest BCUT2D eigenvalue weighted by Gasteiger charge is 2.44. The average Bonchev–Trinajstić information content (AvgIpc) is 3.44. The van der Waals surface area contributed by atoms with Crippen molar-refractivity contribution in [2.24, 2.45) is 20.5 Å². The molecule has 0 bridgehead atoms. The van der Waals surface area contributed by atoms with E-state index in [0.717, 1.165) is 0 Å². The summed E-state index contributed by atoms with van der Waals surface area (Å²) in [7, 11) is 0. The van der Waals surface area contributed by atoms with Gasteiger partial charge in [-0.1, -0.05) is 36.4 Å². The van der Waals surface area contributed by atoms with E-state index in [4.69, 9.17) is 0 Å². The molecule has 0 saturated carbocycles. The van der Waals surface area contributed by atoms with E-state index in [-0.39, 0.29) is 22.5 Å². The molecule has 5 rings (SSSR count). The molecule has 2 N–H and O–H groups in total. The SMILES string of the molecule is O=C1NN(C(=O)c2ccccc2)C(=O)C1N=Nc1ccc(N=NC2C(=O)NN(C(=O)c3ccccc3)C2=O)cc1. The molecule has 0 aromatic heterocycles. The van der Waals surface area contributed by atoms with Crippen molar-refractivity contribution in [3.05, 3.63) is 96.1 Å². The number of azo groups is 2. The van der Waals surface area contributed by atoms with Crippen LogP contribution in [0.1, 0.15) is 20.7 Å². The number of carbonyl (C=O) groups is 6. The Morgan fingerprint density at radius 3 is 1.25 bits per heavy atom. The van der Waals surface area contributed by atoms with Gasteiger partial charge in [0.2, 0.25) is 12.1 Å². The van der Waals surface area contributed by atoms with Crippen LogP contribution in [-0.4, -0.2) is 57.5 Å². The van der Waals surface area contributed by atoms with E-state index in [1.807, 2.05) is 0 Å². The van der Waals surface area contributed by atoms with Crippen molar-refractivity contribution in [2.75, 3.05) is 0 Å². The fraction of sp³-hybridized carbons (Fsp3) is 0.0769. The molecule has 2 saturated heterocycles. The molecule has 2 aliphatic heterocycles. The summed E-state index contributed by atoms with van der Waals surface area (Å²) in [4.78, 5) is 74.6. The van der Waals surface area contributed by atoms with Crippen LogP contribution in [0.2, 0.25) is 0 Å². The van der Waals surface area contributed by atoms with Crippen molar-refractivity contribution < 1.29 is 28.8 Å². The molecule has 6 amide bonds. The molecule has 40 heavy (non-hydrogen) atoms. The molecular weight excluding hydrogens is 520 g/mol. The summed E-state index contributed by atoms with van der Waals surface area (Å²) in [6, 6.07) is 18.6. The normalized spacial score (nSPS) is 19.0. The average molecular weight is 538 g/mol. The highest BCUT2D eigenvalue weighted by molar-refractivity contribution is 6.19. The van der Waals surface area contributed by atoms with Crippen molar-refractivity contribution >= 4 is 46.8 Å². The van der Waals surface area contributed by atoms with Gasteiger partial charge in [-0.3, -0.25) is 39.6 Å². The topological polar surface area (TPSA) is 182 Å². The Labute approximate surface area is 225 Å². The summed E-state index contributed by atoms with van der Waals surface area (Å²) >= 11 is 0. The molecule has 0 radical (unpaired) electrons. The summed E-state index contributed by atoms with van der Waals surface area (Å²) in [5.41, 5.74) is 5.32. The van der Waals surface area contributed by atoms with Gasteiger partial charge in [-0.2, -0.15) is 30.5 Å². The molecule has 14 nitrogen and oxygen atoms in total. The van der Waals surface area contributed by atoms with E-state index in [0.29, 0.717) is 10.0 Å². The molecule has 14 heteroatoms. The van der Waals surface area contributed by atoms with Gasteiger partial charge in [0.25, 0.3) is 35.4 Å². The lowest BCUT2D eigenvalue weighted by atomic mass is 10.2. The van der Waals surface area contributed by atoms with Crippen molar-refractivity contribution in [1.29, 1.82) is 0 Å². The van der Waals surface area contributed by atoms with E-state index in [9.17, 15) is 28.8 Å². The zero-order valence-electron chi connectivity index (χ0n) is 20.4. The van der Waals surface area contributed by atoms with Crippen LogP contribution in [0, 0.1) is 0 Å². The molecule has 2 fully saturated rings. The second-order valence-electron chi connectivity index (χ2n) is 8.39. The second-order valence-corrected chi connectivity index (χ2v) is 8.39. The Morgan fingerprint density at radius 2 is 0.900 bits per heavy atom. The highest BCUT2D eigenvalue weighted by Crippen LogP contribution is 2.22. The molecule has 3 aromatic carbocycles. The number of imide groups is 2. The number of rotatable bonds is 6. The van der Waals surface area contributed by atoms with Gasteiger partial charge in [0.15, 0.2) is 0 Å². The third-order valence-electron chi connectivity index (χ3n) is 5.72. The molecule has 0 aliphatic carbocycles. The van der Waals surface area contributed by atoms with Crippen LogP contribution >= 0.6 is 0 Å². The number of amides is 6. The highest BCUT2D eigenvalue weighted by atomic mass is 16.2. The predicted octanol–water partition coefficient (Wildman–Crippen LogP) is 2.02. The number of hydrazine groups is 2. The van der Waals surface area contributed by atoms with E-state index in [2.05, 4.69) is 31.3 Å². The summed E-state index contributed by atoms with van der Waals surface area (Å²) in [5, 5.41) is 16.5. The number of carbonyl (C=O) groups excluding carboxylic acids is 6. The van der Waals surface area contributed by atoms with Crippen LogP contribution in [0.4, 0.5) is 11.4 Å². The van der Waals surface area contributed by atoms with Crippen LogP contribution < -0.4 is 10.9 Å². The minimum atomic E-state index is -1.54. The van der Waals surface area contributed by atoms with Crippen LogP contribution in [0.5, 0.6) is 0 Å². The van der Waals surface area contributed by atoms with E-state index >= 15 is 0 Å². The van der Waals surface area contributed by atoms with Crippen molar-refractivity contribution in [3.8, 4) is 0 Å². The number of benzene rings is 3. The first kappa shape index (κ1) is 25.7. The molecule has 2 heterocycles.